The predicted octanol–water partition coefficient (Wildman–Crippen LogP) is 4.41. The molecule has 0 bridgehead atoms. The smallest absolute Gasteiger partial charge is 0.182 e. The Hall–Kier alpha value is -2.95. The number of hydrogen-bond acceptors (Lipinski definition) is 5. The summed E-state index contributed by atoms with van der Waals surface area (Å²) >= 11 is 0. The Morgan fingerprint density at radius 1 is 0.917 bits per heavy atom. The van der Waals surface area contributed by atoms with Crippen molar-refractivity contribution in [3.63, 3.8) is 0 Å². The van der Waals surface area contributed by atoms with E-state index in [1.165, 1.54) is 0 Å². The minimum Gasteiger partial charge on any atom is -0.368 e. The van der Waals surface area contributed by atoms with E-state index in [0.717, 1.165) is 28.6 Å². The van der Waals surface area contributed by atoms with E-state index in [-0.39, 0.29) is 6.04 Å². The van der Waals surface area contributed by atoms with Crippen molar-refractivity contribution in [2.75, 3.05) is 10.6 Å². The summed E-state index contributed by atoms with van der Waals surface area (Å²) in [6, 6.07) is 16.1. The minimum absolute atomic E-state index is 0.280. The van der Waals surface area contributed by atoms with Crippen LogP contribution in [0.3, 0.4) is 0 Å². The van der Waals surface area contributed by atoms with Crippen molar-refractivity contribution in [1.82, 2.24) is 15.0 Å². The van der Waals surface area contributed by atoms with Crippen molar-refractivity contribution >= 4 is 17.3 Å². The monoisotopic (exact) mass is 319 g/mol. The van der Waals surface area contributed by atoms with Gasteiger partial charge in [-0.05, 0) is 50.6 Å². The molecule has 0 aliphatic carbocycles. The van der Waals surface area contributed by atoms with Crippen molar-refractivity contribution in [3.05, 3.63) is 60.3 Å². The van der Waals surface area contributed by atoms with Gasteiger partial charge in [0.2, 0.25) is 0 Å². The average Bonchev–Trinajstić information content (AvgIpc) is 2.55. The number of rotatable bonds is 5. The molecule has 0 unspecified atom stereocenters. The summed E-state index contributed by atoms with van der Waals surface area (Å²) in [4.78, 5) is 13.6. The third kappa shape index (κ3) is 4.07. The van der Waals surface area contributed by atoms with Crippen molar-refractivity contribution < 1.29 is 0 Å². The summed E-state index contributed by atoms with van der Waals surface area (Å²) in [5.74, 6) is 2.11. The largest absolute Gasteiger partial charge is 0.368 e. The van der Waals surface area contributed by atoms with E-state index in [0.29, 0.717) is 5.82 Å². The van der Waals surface area contributed by atoms with Gasteiger partial charge in [-0.1, -0.05) is 18.2 Å². The molecule has 2 heterocycles. The number of nitrogens with one attached hydrogen (secondary N) is 2. The van der Waals surface area contributed by atoms with E-state index in [9.17, 15) is 0 Å². The minimum atomic E-state index is 0.280. The summed E-state index contributed by atoms with van der Waals surface area (Å²) < 4.78 is 0. The highest BCUT2D eigenvalue weighted by Gasteiger charge is 2.09. The van der Waals surface area contributed by atoms with Gasteiger partial charge in [-0.3, -0.25) is 4.98 Å². The summed E-state index contributed by atoms with van der Waals surface area (Å²) in [6.45, 7) is 6.19. The Bertz CT molecular complexity index is 815. The molecule has 0 saturated carbocycles. The molecule has 24 heavy (non-hydrogen) atoms. The molecule has 0 aliphatic heterocycles. The Labute approximate surface area is 142 Å². The van der Waals surface area contributed by atoms with Gasteiger partial charge in [-0.15, -0.1) is 0 Å². The van der Waals surface area contributed by atoms with Gasteiger partial charge in [-0.25, -0.2) is 9.97 Å². The second kappa shape index (κ2) is 7.08. The predicted molar refractivity (Wildman–Crippen MR) is 98.5 cm³/mol. The second-order valence-corrected chi connectivity index (χ2v) is 5.97. The topological polar surface area (TPSA) is 62.7 Å². The normalized spacial score (nSPS) is 10.7. The number of aryl methyl sites for hydroxylation is 1. The molecule has 5 heteroatoms. The molecule has 5 nitrogen and oxygen atoms in total. The zero-order chi connectivity index (χ0) is 16.9. The maximum atomic E-state index is 4.62. The van der Waals surface area contributed by atoms with Crippen LogP contribution in [0.2, 0.25) is 0 Å². The van der Waals surface area contributed by atoms with Gasteiger partial charge in [0.05, 0.1) is 0 Å². The number of para-hydroxylation sites is 1. The molecule has 2 N–H and O–H groups in total. The van der Waals surface area contributed by atoms with Gasteiger partial charge in [0, 0.05) is 24.0 Å². The molecule has 122 valence electrons. The van der Waals surface area contributed by atoms with Crippen LogP contribution < -0.4 is 10.6 Å². The summed E-state index contributed by atoms with van der Waals surface area (Å²) in [7, 11) is 0. The van der Waals surface area contributed by atoms with Crippen LogP contribution in [0.5, 0.6) is 0 Å². The molecular formula is C19H21N5. The van der Waals surface area contributed by atoms with Gasteiger partial charge in [0.15, 0.2) is 5.82 Å². The van der Waals surface area contributed by atoms with Gasteiger partial charge in [-0.2, -0.15) is 0 Å². The summed E-state index contributed by atoms with van der Waals surface area (Å²) in [6.07, 6.45) is 1.78. The molecule has 0 atom stereocenters. The summed E-state index contributed by atoms with van der Waals surface area (Å²) in [5, 5.41) is 6.66. The number of hydrogen-bond donors (Lipinski definition) is 2. The molecule has 0 aliphatic rings. The fraction of sp³-hybridized carbons (Fsp3) is 0.211. The van der Waals surface area contributed by atoms with Crippen LogP contribution in [0.25, 0.3) is 11.5 Å². The number of pyridine rings is 1. The number of anilines is 3. The first-order valence-corrected chi connectivity index (χ1v) is 8.01. The first-order valence-electron chi connectivity index (χ1n) is 8.01. The summed E-state index contributed by atoms with van der Waals surface area (Å²) in [5.41, 5.74) is 2.87. The zero-order valence-electron chi connectivity index (χ0n) is 14.1. The van der Waals surface area contributed by atoms with Crippen molar-refractivity contribution in [3.8, 4) is 11.5 Å². The maximum Gasteiger partial charge on any atom is 0.182 e. The lowest BCUT2D eigenvalue weighted by Gasteiger charge is -2.13. The molecular weight excluding hydrogens is 298 g/mol. The van der Waals surface area contributed by atoms with E-state index >= 15 is 0 Å². The van der Waals surface area contributed by atoms with E-state index in [1.54, 1.807) is 6.20 Å². The standard InChI is InChI=1S/C19H21N5/c1-13(2)21-17-12-18(22-15-7-5-4-6-8-15)24-19(23-17)16-11-14(3)9-10-20-16/h4-13H,1-3H3,(H2,21,22,23,24). The fourth-order valence-electron chi connectivity index (χ4n) is 2.32. The first-order chi connectivity index (χ1) is 11.6. The third-order valence-corrected chi connectivity index (χ3v) is 3.35. The number of benzene rings is 1. The van der Waals surface area contributed by atoms with Crippen molar-refractivity contribution in [2.24, 2.45) is 0 Å². The number of nitrogens with zero attached hydrogens (tertiary/aromatic N) is 3. The van der Waals surface area contributed by atoms with E-state index in [2.05, 4.69) is 39.4 Å². The Kier molecular flexibility index (Phi) is 4.70. The van der Waals surface area contributed by atoms with Gasteiger partial charge in [0.25, 0.3) is 0 Å². The van der Waals surface area contributed by atoms with Gasteiger partial charge < -0.3 is 10.6 Å². The highest BCUT2D eigenvalue weighted by atomic mass is 15.1. The fourth-order valence-corrected chi connectivity index (χ4v) is 2.32. The van der Waals surface area contributed by atoms with E-state index in [4.69, 9.17) is 0 Å². The number of aromatic nitrogens is 3. The SMILES string of the molecule is Cc1ccnc(-c2nc(Nc3ccccc3)cc(NC(C)C)n2)c1. The van der Waals surface area contributed by atoms with E-state index < -0.39 is 0 Å². The molecule has 0 amide bonds. The van der Waals surface area contributed by atoms with Crippen LogP contribution in [0.15, 0.2) is 54.7 Å². The molecule has 0 spiro atoms. The van der Waals surface area contributed by atoms with Crippen LogP contribution in [0.4, 0.5) is 17.3 Å². The van der Waals surface area contributed by atoms with Crippen LogP contribution in [-0.2, 0) is 0 Å². The Morgan fingerprint density at radius 3 is 2.38 bits per heavy atom. The molecule has 3 aromatic rings. The third-order valence-electron chi connectivity index (χ3n) is 3.35. The molecule has 0 fully saturated rings. The Morgan fingerprint density at radius 2 is 1.67 bits per heavy atom. The lowest BCUT2D eigenvalue weighted by molar-refractivity contribution is 0.887. The van der Waals surface area contributed by atoms with Crippen LogP contribution in [0.1, 0.15) is 19.4 Å². The van der Waals surface area contributed by atoms with E-state index in [1.807, 2.05) is 55.5 Å². The maximum absolute atomic E-state index is 4.62. The first kappa shape index (κ1) is 15.9. The highest BCUT2D eigenvalue weighted by Crippen LogP contribution is 2.22. The quantitative estimate of drug-likeness (QED) is 0.729. The molecule has 2 aromatic heterocycles. The second-order valence-electron chi connectivity index (χ2n) is 5.97. The molecule has 0 radical (unpaired) electrons. The highest BCUT2D eigenvalue weighted by molar-refractivity contribution is 5.63. The van der Waals surface area contributed by atoms with Crippen LogP contribution >= 0.6 is 0 Å². The van der Waals surface area contributed by atoms with Crippen LogP contribution in [0, 0.1) is 6.92 Å². The van der Waals surface area contributed by atoms with Crippen molar-refractivity contribution in [2.45, 2.75) is 26.8 Å². The average molecular weight is 319 g/mol. The van der Waals surface area contributed by atoms with Gasteiger partial charge in [0.1, 0.15) is 17.3 Å². The lowest BCUT2D eigenvalue weighted by Crippen LogP contribution is -2.12. The van der Waals surface area contributed by atoms with Crippen LogP contribution in [-0.4, -0.2) is 21.0 Å². The van der Waals surface area contributed by atoms with Gasteiger partial charge >= 0.3 is 0 Å². The lowest BCUT2D eigenvalue weighted by atomic mass is 10.2. The molecule has 1 aromatic carbocycles. The molecule has 3 rings (SSSR count). The Balaban J connectivity index is 2.00. The van der Waals surface area contributed by atoms with Crippen molar-refractivity contribution in [1.29, 1.82) is 0 Å². The molecule has 0 saturated heterocycles. The zero-order valence-corrected chi connectivity index (χ0v) is 14.1.